The van der Waals surface area contributed by atoms with E-state index in [1.807, 2.05) is 20.8 Å². The summed E-state index contributed by atoms with van der Waals surface area (Å²) in [6.07, 6.45) is 0.729. The normalized spacial score (nSPS) is 15.3. The van der Waals surface area contributed by atoms with Gasteiger partial charge in [-0.15, -0.1) is 0 Å². The third kappa shape index (κ3) is 3.28. The number of aromatic hydroxyl groups is 2. The summed E-state index contributed by atoms with van der Waals surface area (Å²) in [6, 6.07) is 4.80. The van der Waals surface area contributed by atoms with Crippen LogP contribution in [-0.4, -0.2) is 31.6 Å². The average Bonchev–Trinajstić information content (AvgIpc) is 2.50. The molecule has 0 unspecified atom stereocenters. The van der Waals surface area contributed by atoms with E-state index < -0.39 is 0 Å². The summed E-state index contributed by atoms with van der Waals surface area (Å²) in [4.78, 5) is 22.1. The second kappa shape index (κ2) is 5.94. The number of rotatable bonds is 2. The van der Waals surface area contributed by atoms with E-state index in [9.17, 15) is 15.0 Å². The smallest absolute Gasteiger partial charge is 0.255 e. The van der Waals surface area contributed by atoms with Gasteiger partial charge in [0.05, 0.1) is 11.3 Å². The fourth-order valence-electron chi connectivity index (χ4n) is 2.90. The number of aromatic nitrogens is 2. The summed E-state index contributed by atoms with van der Waals surface area (Å²) in [6.45, 7) is 8.03. The molecule has 1 aliphatic rings. The van der Waals surface area contributed by atoms with Gasteiger partial charge in [0.15, 0.2) is 11.5 Å². The van der Waals surface area contributed by atoms with Gasteiger partial charge in [0, 0.05) is 31.5 Å². The molecule has 0 saturated heterocycles. The highest BCUT2D eigenvalue weighted by molar-refractivity contribution is 5.40. The van der Waals surface area contributed by atoms with Gasteiger partial charge in [-0.25, -0.2) is 4.98 Å². The number of hydrogen-bond donors (Lipinski definition) is 3. The van der Waals surface area contributed by atoms with Crippen LogP contribution in [0, 0.1) is 0 Å². The van der Waals surface area contributed by atoms with E-state index in [4.69, 9.17) is 0 Å². The van der Waals surface area contributed by atoms with Crippen LogP contribution >= 0.6 is 0 Å². The molecular weight excluding hydrogens is 306 g/mol. The Morgan fingerprint density at radius 2 is 2.00 bits per heavy atom. The van der Waals surface area contributed by atoms with Crippen LogP contribution in [0.4, 0.5) is 0 Å². The van der Waals surface area contributed by atoms with Crippen molar-refractivity contribution in [1.29, 1.82) is 0 Å². The summed E-state index contributed by atoms with van der Waals surface area (Å²) in [5, 5.41) is 19.0. The van der Waals surface area contributed by atoms with Crippen molar-refractivity contribution in [3.8, 4) is 11.5 Å². The number of nitrogens with one attached hydrogen (secondary N) is 1. The third-order valence-electron chi connectivity index (χ3n) is 4.30. The second-order valence-electron chi connectivity index (χ2n) is 7.37. The number of phenolic OH excluding ortho intramolecular Hbond substituents is 2. The van der Waals surface area contributed by atoms with Crippen LogP contribution in [0.2, 0.25) is 0 Å². The van der Waals surface area contributed by atoms with Crippen LogP contribution in [-0.2, 0) is 24.9 Å². The number of phenols is 2. The Hall–Kier alpha value is -2.34. The number of H-pyrrole nitrogens is 1. The molecule has 0 fully saturated rings. The zero-order chi connectivity index (χ0) is 17.5. The molecule has 3 N–H and O–H groups in total. The van der Waals surface area contributed by atoms with Gasteiger partial charge in [0.25, 0.3) is 5.56 Å². The molecule has 2 aromatic rings. The van der Waals surface area contributed by atoms with Gasteiger partial charge in [-0.05, 0) is 17.7 Å². The minimum Gasteiger partial charge on any atom is -0.504 e. The van der Waals surface area contributed by atoms with Gasteiger partial charge >= 0.3 is 0 Å². The number of hydrogen-bond acceptors (Lipinski definition) is 5. The predicted octanol–water partition coefficient (Wildman–Crippen LogP) is 2.04. The molecule has 0 amide bonds. The highest BCUT2D eigenvalue weighted by Crippen LogP contribution is 2.26. The number of benzene rings is 1. The minimum absolute atomic E-state index is 0.0665. The minimum atomic E-state index is -0.186. The van der Waals surface area contributed by atoms with Crippen LogP contribution in [0.5, 0.6) is 11.5 Å². The quantitative estimate of drug-likeness (QED) is 0.734. The molecule has 1 aliphatic heterocycles. The lowest BCUT2D eigenvalue weighted by molar-refractivity contribution is 0.240. The highest BCUT2D eigenvalue weighted by Gasteiger charge is 2.24. The van der Waals surface area contributed by atoms with Crippen molar-refractivity contribution in [2.75, 3.05) is 6.54 Å². The molecule has 2 heterocycles. The third-order valence-corrected chi connectivity index (χ3v) is 4.30. The standard InChI is InChI=1S/C18H23N3O3/c1-18(2,3)17-19-13-6-7-21(10-12(13)16(24)20-17)9-11-4-5-14(22)15(23)8-11/h4-5,8,22-23H,6-7,9-10H2,1-3H3,(H,19,20,24). The van der Waals surface area contributed by atoms with Crippen molar-refractivity contribution < 1.29 is 10.2 Å². The van der Waals surface area contributed by atoms with E-state index in [2.05, 4.69) is 14.9 Å². The fraction of sp³-hybridized carbons (Fsp3) is 0.444. The van der Waals surface area contributed by atoms with Crippen molar-refractivity contribution in [1.82, 2.24) is 14.9 Å². The first-order valence-electron chi connectivity index (χ1n) is 8.10. The van der Waals surface area contributed by atoms with E-state index in [0.717, 1.165) is 35.6 Å². The molecular formula is C18H23N3O3. The molecule has 3 rings (SSSR count). The van der Waals surface area contributed by atoms with Gasteiger partial charge in [-0.3, -0.25) is 9.69 Å². The number of fused-ring (bicyclic) bond motifs is 1. The van der Waals surface area contributed by atoms with Crippen molar-refractivity contribution in [3.63, 3.8) is 0 Å². The molecule has 6 nitrogen and oxygen atoms in total. The Labute approximate surface area is 140 Å². The molecule has 0 bridgehead atoms. The van der Waals surface area contributed by atoms with E-state index in [-0.39, 0.29) is 22.5 Å². The van der Waals surface area contributed by atoms with Gasteiger partial charge < -0.3 is 15.2 Å². The van der Waals surface area contributed by atoms with E-state index >= 15 is 0 Å². The van der Waals surface area contributed by atoms with Gasteiger partial charge in [-0.2, -0.15) is 0 Å². The van der Waals surface area contributed by atoms with Crippen LogP contribution in [0.1, 0.15) is 43.4 Å². The zero-order valence-corrected chi connectivity index (χ0v) is 14.3. The van der Waals surface area contributed by atoms with Crippen molar-refractivity contribution in [3.05, 3.63) is 51.2 Å². The lowest BCUT2D eigenvalue weighted by Crippen LogP contribution is -2.37. The van der Waals surface area contributed by atoms with Crippen LogP contribution in [0.25, 0.3) is 0 Å². The molecule has 0 aliphatic carbocycles. The lowest BCUT2D eigenvalue weighted by Gasteiger charge is -2.29. The number of aromatic amines is 1. The van der Waals surface area contributed by atoms with E-state index in [1.54, 1.807) is 12.1 Å². The maximum Gasteiger partial charge on any atom is 0.255 e. The molecule has 0 spiro atoms. The Morgan fingerprint density at radius 3 is 2.67 bits per heavy atom. The van der Waals surface area contributed by atoms with Gasteiger partial charge in [0.1, 0.15) is 5.82 Å². The molecule has 0 radical (unpaired) electrons. The predicted molar refractivity (Wildman–Crippen MR) is 91.1 cm³/mol. The van der Waals surface area contributed by atoms with Crippen molar-refractivity contribution >= 4 is 0 Å². The summed E-state index contributed by atoms with van der Waals surface area (Å²) in [7, 11) is 0. The van der Waals surface area contributed by atoms with Crippen LogP contribution < -0.4 is 5.56 Å². The largest absolute Gasteiger partial charge is 0.504 e. The molecule has 6 heteroatoms. The number of nitrogens with zero attached hydrogens (tertiary/aromatic N) is 2. The molecule has 1 aromatic carbocycles. The summed E-state index contributed by atoms with van der Waals surface area (Å²) >= 11 is 0. The van der Waals surface area contributed by atoms with Crippen molar-refractivity contribution in [2.45, 2.75) is 45.7 Å². The second-order valence-corrected chi connectivity index (χ2v) is 7.37. The molecule has 128 valence electrons. The fourth-order valence-corrected chi connectivity index (χ4v) is 2.90. The topological polar surface area (TPSA) is 89.5 Å². The van der Waals surface area contributed by atoms with E-state index in [1.165, 1.54) is 6.07 Å². The summed E-state index contributed by atoms with van der Waals surface area (Å²) < 4.78 is 0. The highest BCUT2D eigenvalue weighted by atomic mass is 16.3. The first kappa shape index (κ1) is 16.5. The first-order valence-corrected chi connectivity index (χ1v) is 8.10. The lowest BCUT2D eigenvalue weighted by atomic mass is 9.95. The SMILES string of the molecule is CC(C)(C)c1nc2c(c(=O)[nH]1)CN(Cc1ccc(O)c(O)c1)CC2. The zero-order valence-electron chi connectivity index (χ0n) is 14.3. The Morgan fingerprint density at radius 1 is 1.25 bits per heavy atom. The Kier molecular flexibility index (Phi) is 4.09. The monoisotopic (exact) mass is 329 g/mol. The maximum atomic E-state index is 12.4. The Bertz CT molecular complexity index is 821. The first-order chi connectivity index (χ1) is 11.2. The molecule has 0 atom stereocenters. The van der Waals surface area contributed by atoms with Crippen LogP contribution in [0.3, 0.4) is 0 Å². The molecule has 24 heavy (non-hydrogen) atoms. The Balaban J connectivity index is 1.82. The summed E-state index contributed by atoms with van der Waals surface area (Å²) in [5.41, 5.74) is 2.24. The average molecular weight is 329 g/mol. The van der Waals surface area contributed by atoms with Gasteiger partial charge in [-0.1, -0.05) is 26.8 Å². The molecule has 0 saturated carbocycles. The van der Waals surface area contributed by atoms with Crippen LogP contribution in [0.15, 0.2) is 23.0 Å². The maximum absolute atomic E-state index is 12.4. The summed E-state index contributed by atoms with van der Waals surface area (Å²) in [5.74, 6) is 0.473. The molecule has 1 aromatic heterocycles. The van der Waals surface area contributed by atoms with Crippen molar-refractivity contribution in [2.24, 2.45) is 0 Å². The van der Waals surface area contributed by atoms with Gasteiger partial charge in [0.2, 0.25) is 0 Å². The van der Waals surface area contributed by atoms with E-state index in [0.29, 0.717) is 13.1 Å².